The lowest BCUT2D eigenvalue weighted by molar-refractivity contribution is -0.161. The molecule has 1 saturated carbocycles. The van der Waals surface area contributed by atoms with Crippen molar-refractivity contribution in [2.45, 2.75) is 83.8 Å². The highest BCUT2D eigenvalue weighted by Gasteiger charge is 2.38. The summed E-state index contributed by atoms with van der Waals surface area (Å²) in [4.78, 5) is 26.2. The van der Waals surface area contributed by atoms with Crippen LogP contribution in [0.4, 0.5) is 0 Å². The molecule has 0 radical (unpaired) electrons. The average Bonchev–Trinajstić information content (AvgIpc) is 3.49. The highest BCUT2D eigenvalue weighted by atomic mass is 16.6. The Labute approximate surface area is 246 Å². The second kappa shape index (κ2) is 12.2. The summed E-state index contributed by atoms with van der Waals surface area (Å²) in [6.45, 7) is 5.62. The van der Waals surface area contributed by atoms with Crippen molar-refractivity contribution in [1.82, 2.24) is 14.2 Å². The molecule has 1 aliphatic carbocycles. The number of fused-ring (bicyclic) bond motifs is 1. The third kappa shape index (κ3) is 5.44. The van der Waals surface area contributed by atoms with Crippen molar-refractivity contribution < 1.29 is 14.3 Å². The zero-order valence-corrected chi connectivity index (χ0v) is 24.9. The number of carbonyl (C=O) groups is 1. The number of methoxy groups -OCH3 is 1. The van der Waals surface area contributed by atoms with Gasteiger partial charge >= 0.3 is 5.97 Å². The smallest absolute Gasteiger partial charge is 0.303 e. The summed E-state index contributed by atoms with van der Waals surface area (Å²) in [6, 6.07) is 17.6. The molecule has 8 nitrogen and oxygen atoms in total. The fourth-order valence-corrected chi connectivity index (χ4v) is 6.51. The van der Waals surface area contributed by atoms with Gasteiger partial charge in [-0.15, -0.1) is 0 Å². The van der Waals surface area contributed by atoms with Crippen LogP contribution in [-0.4, -0.2) is 32.9 Å². The fraction of sp³-hybridized carbons (Fsp3) is 0.412. The van der Waals surface area contributed by atoms with Crippen LogP contribution in [0.5, 0.6) is 5.75 Å². The van der Waals surface area contributed by atoms with Crippen molar-refractivity contribution in [2.24, 2.45) is 0 Å². The topological polar surface area (TPSA) is 98.6 Å². The molecule has 0 saturated heterocycles. The van der Waals surface area contributed by atoms with Gasteiger partial charge in [0.25, 0.3) is 5.56 Å². The number of benzene rings is 2. The lowest BCUT2D eigenvalue weighted by atomic mass is 9.80. The normalized spacial score (nSPS) is 18.5. The number of esters is 1. The van der Waals surface area contributed by atoms with Crippen molar-refractivity contribution in [3.8, 4) is 22.9 Å². The van der Waals surface area contributed by atoms with Crippen molar-refractivity contribution in [3.05, 3.63) is 87.5 Å². The molecule has 1 fully saturated rings. The molecule has 4 aromatic rings. The van der Waals surface area contributed by atoms with Gasteiger partial charge in [0, 0.05) is 31.0 Å². The van der Waals surface area contributed by atoms with E-state index in [1.807, 2.05) is 51.5 Å². The van der Waals surface area contributed by atoms with Gasteiger partial charge in [-0.2, -0.15) is 10.4 Å². The second-order valence-electron chi connectivity index (χ2n) is 11.2. The summed E-state index contributed by atoms with van der Waals surface area (Å²) in [5.74, 6) is 0.411. The van der Waals surface area contributed by atoms with Crippen LogP contribution in [0.1, 0.15) is 87.7 Å². The molecule has 8 heteroatoms. The van der Waals surface area contributed by atoms with Crippen LogP contribution in [-0.2, 0) is 22.4 Å². The maximum atomic E-state index is 14.4. The third-order valence-corrected chi connectivity index (χ3v) is 8.69. The molecule has 0 N–H and O–H groups in total. The van der Waals surface area contributed by atoms with Crippen LogP contribution in [0.25, 0.3) is 16.8 Å². The summed E-state index contributed by atoms with van der Waals surface area (Å²) in [6.07, 6.45) is 7.41. The molecule has 2 aromatic carbocycles. The molecular formula is C34H38N4O4. The minimum absolute atomic E-state index is 0.00566. The molecule has 0 atom stereocenters. The molecule has 0 spiro atoms. The van der Waals surface area contributed by atoms with Crippen LogP contribution >= 0.6 is 0 Å². The molecule has 0 amide bonds. The number of ether oxygens (including phenoxy) is 2. The van der Waals surface area contributed by atoms with Crippen molar-refractivity contribution in [2.75, 3.05) is 7.11 Å². The van der Waals surface area contributed by atoms with E-state index in [9.17, 15) is 14.9 Å². The van der Waals surface area contributed by atoms with E-state index in [0.717, 1.165) is 60.1 Å². The number of nitrogens with zero attached hydrogens (tertiary/aromatic N) is 4. The van der Waals surface area contributed by atoms with Gasteiger partial charge in [0.05, 0.1) is 30.6 Å². The van der Waals surface area contributed by atoms with Crippen molar-refractivity contribution >= 4 is 11.6 Å². The highest BCUT2D eigenvalue weighted by molar-refractivity contribution is 5.72. The second-order valence-corrected chi connectivity index (χ2v) is 11.2. The molecule has 2 heterocycles. The van der Waals surface area contributed by atoms with E-state index in [-0.39, 0.29) is 17.6 Å². The molecule has 1 aliphatic rings. The van der Waals surface area contributed by atoms with Crippen molar-refractivity contribution in [3.63, 3.8) is 0 Å². The zero-order chi connectivity index (χ0) is 29.9. The number of aryl methyl sites for hydroxylation is 1. The zero-order valence-electron chi connectivity index (χ0n) is 24.9. The maximum absolute atomic E-state index is 14.4. The van der Waals surface area contributed by atoms with Gasteiger partial charge in [0.15, 0.2) is 0 Å². The predicted octanol–water partition coefficient (Wildman–Crippen LogP) is 6.41. The third-order valence-electron chi connectivity index (χ3n) is 8.69. The lowest BCUT2D eigenvalue weighted by Gasteiger charge is -2.39. The van der Waals surface area contributed by atoms with E-state index in [2.05, 4.69) is 25.0 Å². The van der Waals surface area contributed by atoms with E-state index in [4.69, 9.17) is 9.47 Å². The monoisotopic (exact) mass is 566 g/mol. The number of carbonyl (C=O) groups excluding carboxylic acids is 1. The largest absolute Gasteiger partial charge is 0.496 e. The minimum Gasteiger partial charge on any atom is -0.496 e. The average molecular weight is 567 g/mol. The maximum Gasteiger partial charge on any atom is 0.303 e. The Kier molecular flexibility index (Phi) is 8.49. The fourth-order valence-electron chi connectivity index (χ4n) is 6.51. The summed E-state index contributed by atoms with van der Waals surface area (Å²) < 4.78 is 15.4. The summed E-state index contributed by atoms with van der Waals surface area (Å²) in [5.41, 5.74) is 5.17. The molecule has 42 heavy (non-hydrogen) atoms. The first-order chi connectivity index (χ1) is 20.3. The number of hydrogen-bond donors (Lipinski definition) is 0. The summed E-state index contributed by atoms with van der Waals surface area (Å²) >= 11 is 0. The first-order valence-corrected chi connectivity index (χ1v) is 14.8. The van der Waals surface area contributed by atoms with Gasteiger partial charge < -0.3 is 9.47 Å². The van der Waals surface area contributed by atoms with Crippen LogP contribution < -0.4 is 10.3 Å². The lowest BCUT2D eigenvalue weighted by Crippen LogP contribution is -2.41. The predicted molar refractivity (Wildman–Crippen MR) is 162 cm³/mol. The Morgan fingerprint density at radius 2 is 1.90 bits per heavy atom. The standard InChI is InChI=1S/C34H38N4O4/c1-5-9-30-29(20-25-13-12-24(21-31(25)41-4)28-11-8-7-10-26(28)22-35)33(40)37(32-16-19-36-38(30)32)27-14-17-34(6-2,18-15-27)42-23(3)39/h7-8,10-13,16,19,21,27H,5-6,9,14-15,17-18,20H2,1-4H3. The Hall–Kier alpha value is -4.38. The Bertz CT molecular complexity index is 1700. The minimum atomic E-state index is -0.466. The van der Waals surface area contributed by atoms with E-state index < -0.39 is 5.60 Å². The van der Waals surface area contributed by atoms with Crippen molar-refractivity contribution in [1.29, 1.82) is 5.26 Å². The van der Waals surface area contributed by atoms with E-state index >= 15 is 0 Å². The summed E-state index contributed by atoms with van der Waals surface area (Å²) in [5, 5.41) is 14.3. The number of nitriles is 1. The Morgan fingerprint density at radius 3 is 2.57 bits per heavy atom. The molecule has 2 aromatic heterocycles. The molecule has 5 rings (SSSR count). The molecule has 0 unspecified atom stereocenters. The molecular weight excluding hydrogens is 528 g/mol. The Balaban J connectivity index is 1.57. The Morgan fingerprint density at radius 1 is 1.14 bits per heavy atom. The van der Waals surface area contributed by atoms with E-state index in [1.54, 1.807) is 19.4 Å². The van der Waals surface area contributed by atoms with E-state index in [1.165, 1.54) is 6.92 Å². The van der Waals surface area contributed by atoms with Gasteiger partial charge in [0.1, 0.15) is 17.0 Å². The van der Waals surface area contributed by atoms with Crippen LogP contribution in [0.2, 0.25) is 0 Å². The molecule has 0 bridgehead atoms. The van der Waals surface area contributed by atoms with Crippen LogP contribution in [0.15, 0.2) is 59.5 Å². The molecule has 218 valence electrons. The number of hydrogen-bond acceptors (Lipinski definition) is 6. The SMILES string of the molecule is CCCc1c(Cc2ccc(-c3ccccc3C#N)cc2OC)c(=O)n(C2CCC(CC)(OC(C)=O)CC2)c2ccnn12. The number of aromatic nitrogens is 3. The van der Waals surface area contributed by atoms with Crippen LogP contribution in [0, 0.1) is 11.3 Å². The first kappa shape index (κ1) is 29.1. The van der Waals surface area contributed by atoms with Gasteiger partial charge in [0.2, 0.25) is 0 Å². The quantitative estimate of drug-likeness (QED) is 0.217. The van der Waals surface area contributed by atoms with Gasteiger partial charge in [-0.1, -0.05) is 50.6 Å². The van der Waals surface area contributed by atoms with Gasteiger partial charge in [-0.3, -0.25) is 14.2 Å². The van der Waals surface area contributed by atoms with E-state index in [0.29, 0.717) is 36.1 Å². The molecule has 0 aliphatic heterocycles. The first-order valence-electron chi connectivity index (χ1n) is 14.8. The summed E-state index contributed by atoms with van der Waals surface area (Å²) in [7, 11) is 1.63. The van der Waals surface area contributed by atoms with Gasteiger partial charge in [-0.05, 0) is 67.3 Å². The van der Waals surface area contributed by atoms with Crippen LogP contribution in [0.3, 0.4) is 0 Å². The number of rotatable bonds is 9. The van der Waals surface area contributed by atoms with Gasteiger partial charge in [-0.25, -0.2) is 4.52 Å². The highest BCUT2D eigenvalue weighted by Crippen LogP contribution is 2.40.